The molecule has 1 rings (SSSR count). The summed E-state index contributed by atoms with van der Waals surface area (Å²) in [5.41, 5.74) is 0. The third-order valence-electron chi connectivity index (χ3n) is 2.52. The first-order chi connectivity index (χ1) is 6.36. The van der Waals surface area contributed by atoms with Crippen LogP contribution < -0.4 is 5.32 Å². The van der Waals surface area contributed by atoms with Gasteiger partial charge in [0.2, 0.25) is 0 Å². The maximum Gasteiger partial charge on any atom is 0.0593 e. The minimum Gasteiger partial charge on any atom is -0.380 e. The van der Waals surface area contributed by atoms with Gasteiger partial charge in [-0.2, -0.15) is 0 Å². The second-order valence-electron chi connectivity index (χ2n) is 3.54. The molecule has 78 valence electrons. The molecule has 0 bridgehead atoms. The first kappa shape index (κ1) is 11.0. The number of rotatable bonds is 6. The van der Waals surface area contributed by atoms with Crippen molar-refractivity contribution >= 4 is 0 Å². The Morgan fingerprint density at radius 1 is 1.46 bits per heavy atom. The van der Waals surface area contributed by atoms with Gasteiger partial charge in [-0.1, -0.05) is 6.92 Å². The molecule has 1 aliphatic rings. The molecule has 1 aliphatic heterocycles. The van der Waals surface area contributed by atoms with E-state index >= 15 is 0 Å². The molecule has 0 saturated carbocycles. The van der Waals surface area contributed by atoms with Gasteiger partial charge in [-0.25, -0.2) is 0 Å². The van der Waals surface area contributed by atoms with E-state index in [0.29, 0.717) is 6.04 Å². The fourth-order valence-electron chi connectivity index (χ4n) is 1.83. The summed E-state index contributed by atoms with van der Waals surface area (Å²) < 4.78 is 5.33. The Bertz CT molecular complexity index is 130. The van der Waals surface area contributed by atoms with Crippen LogP contribution in [-0.2, 0) is 4.74 Å². The highest BCUT2D eigenvalue weighted by molar-refractivity contribution is 4.80. The molecule has 3 heteroatoms. The molecule has 1 atom stereocenters. The summed E-state index contributed by atoms with van der Waals surface area (Å²) in [6.07, 6.45) is 1.29. The van der Waals surface area contributed by atoms with Crippen LogP contribution in [0.4, 0.5) is 0 Å². The van der Waals surface area contributed by atoms with Gasteiger partial charge in [-0.3, -0.25) is 4.90 Å². The van der Waals surface area contributed by atoms with Crippen LogP contribution >= 0.6 is 0 Å². The minimum absolute atomic E-state index is 0.714. The van der Waals surface area contributed by atoms with Crippen LogP contribution in [0.25, 0.3) is 0 Å². The SMILES string of the molecule is CCNC1CCN(CCOCC)C1. The number of likely N-dealkylation sites (tertiary alicyclic amines) is 1. The first-order valence-electron chi connectivity index (χ1n) is 5.40. The summed E-state index contributed by atoms with van der Waals surface area (Å²) in [6, 6.07) is 0.714. The minimum atomic E-state index is 0.714. The van der Waals surface area contributed by atoms with Gasteiger partial charge in [0.1, 0.15) is 0 Å². The van der Waals surface area contributed by atoms with Gasteiger partial charge in [0.15, 0.2) is 0 Å². The van der Waals surface area contributed by atoms with Crippen LogP contribution in [0.1, 0.15) is 20.3 Å². The predicted octanol–water partition coefficient (Wildman–Crippen LogP) is 0.707. The average molecular weight is 186 g/mol. The van der Waals surface area contributed by atoms with Crippen molar-refractivity contribution in [1.29, 1.82) is 0 Å². The molecule has 1 saturated heterocycles. The van der Waals surface area contributed by atoms with Gasteiger partial charge in [0, 0.05) is 25.7 Å². The highest BCUT2D eigenvalue weighted by Crippen LogP contribution is 2.07. The number of hydrogen-bond acceptors (Lipinski definition) is 3. The van der Waals surface area contributed by atoms with Crippen LogP contribution in [-0.4, -0.2) is 50.3 Å². The lowest BCUT2D eigenvalue weighted by atomic mass is 10.3. The maximum absolute atomic E-state index is 5.33. The molecule has 3 nitrogen and oxygen atoms in total. The molecule has 0 aromatic heterocycles. The van der Waals surface area contributed by atoms with Crippen LogP contribution in [0.15, 0.2) is 0 Å². The third-order valence-corrected chi connectivity index (χ3v) is 2.52. The zero-order valence-electron chi connectivity index (χ0n) is 8.88. The van der Waals surface area contributed by atoms with Crippen LogP contribution in [0.2, 0.25) is 0 Å². The lowest BCUT2D eigenvalue weighted by Gasteiger charge is -2.15. The number of likely N-dealkylation sites (N-methyl/N-ethyl adjacent to an activating group) is 1. The Labute approximate surface area is 81.4 Å². The molecule has 1 fully saturated rings. The molecule has 0 spiro atoms. The van der Waals surface area contributed by atoms with Crippen molar-refractivity contribution in [3.63, 3.8) is 0 Å². The Balaban J connectivity index is 2.03. The zero-order valence-corrected chi connectivity index (χ0v) is 8.88. The number of nitrogens with zero attached hydrogens (tertiary/aromatic N) is 1. The summed E-state index contributed by atoms with van der Waals surface area (Å²) >= 11 is 0. The molecular formula is C10H22N2O. The second kappa shape index (κ2) is 6.35. The molecule has 0 aliphatic carbocycles. The van der Waals surface area contributed by atoms with E-state index in [4.69, 9.17) is 4.74 Å². The molecule has 1 N–H and O–H groups in total. The van der Waals surface area contributed by atoms with E-state index in [0.717, 1.165) is 26.3 Å². The van der Waals surface area contributed by atoms with Crippen molar-refractivity contribution in [2.75, 3.05) is 39.4 Å². The van der Waals surface area contributed by atoms with Gasteiger partial charge in [-0.15, -0.1) is 0 Å². The molecule has 0 aromatic carbocycles. The Morgan fingerprint density at radius 2 is 2.31 bits per heavy atom. The van der Waals surface area contributed by atoms with Crippen LogP contribution in [0, 0.1) is 0 Å². The summed E-state index contributed by atoms with van der Waals surface area (Å²) in [5.74, 6) is 0. The monoisotopic (exact) mass is 186 g/mol. The first-order valence-corrected chi connectivity index (χ1v) is 5.40. The van der Waals surface area contributed by atoms with Crippen molar-refractivity contribution < 1.29 is 4.74 Å². The van der Waals surface area contributed by atoms with Crippen molar-refractivity contribution in [3.05, 3.63) is 0 Å². The number of nitrogens with one attached hydrogen (secondary N) is 1. The lowest BCUT2D eigenvalue weighted by Crippen LogP contribution is -2.33. The van der Waals surface area contributed by atoms with E-state index in [1.807, 2.05) is 6.92 Å². The van der Waals surface area contributed by atoms with Crippen LogP contribution in [0.3, 0.4) is 0 Å². The maximum atomic E-state index is 5.33. The molecule has 0 aromatic rings. The Kier molecular flexibility index (Phi) is 5.35. The van der Waals surface area contributed by atoms with Gasteiger partial charge >= 0.3 is 0 Å². The van der Waals surface area contributed by atoms with Gasteiger partial charge < -0.3 is 10.1 Å². The van der Waals surface area contributed by atoms with Crippen molar-refractivity contribution in [2.45, 2.75) is 26.3 Å². The summed E-state index contributed by atoms with van der Waals surface area (Å²) in [6.45, 7) is 10.5. The quantitative estimate of drug-likeness (QED) is 0.618. The molecular weight excluding hydrogens is 164 g/mol. The third kappa shape index (κ3) is 4.07. The highest BCUT2D eigenvalue weighted by Gasteiger charge is 2.20. The van der Waals surface area contributed by atoms with Gasteiger partial charge in [-0.05, 0) is 26.4 Å². The Hall–Kier alpha value is -0.120. The fourth-order valence-corrected chi connectivity index (χ4v) is 1.83. The van der Waals surface area contributed by atoms with E-state index in [2.05, 4.69) is 17.1 Å². The molecule has 0 amide bonds. The van der Waals surface area contributed by atoms with E-state index in [1.54, 1.807) is 0 Å². The normalized spacial score (nSPS) is 24.0. The second-order valence-corrected chi connectivity index (χ2v) is 3.54. The van der Waals surface area contributed by atoms with E-state index in [1.165, 1.54) is 19.5 Å². The highest BCUT2D eigenvalue weighted by atomic mass is 16.5. The largest absolute Gasteiger partial charge is 0.380 e. The van der Waals surface area contributed by atoms with Crippen molar-refractivity contribution in [1.82, 2.24) is 10.2 Å². The topological polar surface area (TPSA) is 24.5 Å². The standard InChI is InChI=1S/C10H22N2O/c1-3-11-10-5-6-12(9-10)7-8-13-4-2/h10-11H,3-9H2,1-2H3. The van der Waals surface area contributed by atoms with Crippen LogP contribution in [0.5, 0.6) is 0 Å². The Morgan fingerprint density at radius 3 is 3.00 bits per heavy atom. The van der Waals surface area contributed by atoms with E-state index in [-0.39, 0.29) is 0 Å². The van der Waals surface area contributed by atoms with E-state index < -0.39 is 0 Å². The molecule has 1 heterocycles. The number of ether oxygens (including phenoxy) is 1. The molecule has 1 unspecified atom stereocenters. The zero-order chi connectivity index (χ0) is 9.52. The predicted molar refractivity (Wildman–Crippen MR) is 55.0 cm³/mol. The summed E-state index contributed by atoms with van der Waals surface area (Å²) in [7, 11) is 0. The molecule has 0 radical (unpaired) electrons. The smallest absolute Gasteiger partial charge is 0.0593 e. The van der Waals surface area contributed by atoms with Gasteiger partial charge in [0.05, 0.1) is 6.61 Å². The number of hydrogen-bond donors (Lipinski definition) is 1. The van der Waals surface area contributed by atoms with Gasteiger partial charge in [0.25, 0.3) is 0 Å². The van der Waals surface area contributed by atoms with Crippen molar-refractivity contribution in [2.24, 2.45) is 0 Å². The average Bonchev–Trinajstić information content (AvgIpc) is 2.54. The summed E-state index contributed by atoms with van der Waals surface area (Å²) in [4.78, 5) is 2.48. The van der Waals surface area contributed by atoms with E-state index in [9.17, 15) is 0 Å². The molecule has 13 heavy (non-hydrogen) atoms. The van der Waals surface area contributed by atoms with Crippen molar-refractivity contribution in [3.8, 4) is 0 Å². The lowest BCUT2D eigenvalue weighted by molar-refractivity contribution is 0.121. The fraction of sp³-hybridized carbons (Fsp3) is 1.00. The summed E-state index contributed by atoms with van der Waals surface area (Å²) in [5, 5.41) is 3.48.